The van der Waals surface area contributed by atoms with E-state index in [2.05, 4.69) is 0 Å². The normalized spacial score (nSPS) is 14.0. The van der Waals surface area contributed by atoms with Crippen LogP contribution in [-0.2, 0) is 19.1 Å². The van der Waals surface area contributed by atoms with Gasteiger partial charge < -0.3 is 9.47 Å². The zero-order chi connectivity index (χ0) is 11.2. The van der Waals surface area contributed by atoms with Crippen LogP contribution in [0.15, 0.2) is 5.57 Å². The Morgan fingerprint density at radius 1 is 1.43 bits per heavy atom. The van der Waals surface area contributed by atoms with Crippen LogP contribution in [0.1, 0.15) is 33.6 Å². The molecule has 0 radical (unpaired) electrons. The molecule has 0 heterocycles. The van der Waals surface area contributed by atoms with Crippen molar-refractivity contribution in [3.63, 3.8) is 0 Å². The summed E-state index contributed by atoms with van der Waals surface area (Å²) in [5.41, 5.74) is 0.00160. The first kappa shape index (κ1) is 12.9. The van der Waals surface area contributed by atoms with Crippen molar-refractivity contribution in [2.24, 2.45) is 0 Å². The lowest BCUT2D eigenvalue weighted by Gasteiger charge is -2.26. The number of hydrogen-bond acceptors (Lipinski definition) is 4. The van der Waals surface area contributed by atoms with Crippen LogP contribution >= 0.6 is 0 Å². The van der Waals surface area contributed by atoms with Crippen LogP contribution in [-0.4, -0.2) is 24.8 Å². The Hall–Kier alpha value is -1.12. The molecule has 0 aromatic heterocycles. The zero-order valence-corrected chi connectivity index (χ0v) is 9.05. The summed E-state index contributed by atoms with van der Waals surface area (Å²) >= 11 is 0. The van der Waals surface area contributed by atoms with Crippen LogP contribution in [0.2, 0.25) is 0 Å². The van der Waals surface area contributed by atoms with Crippen LogP contribution in [0.3, 0.4) is 0 Å². The van der Waals surface area contributed by atoms with Gasteiger partial charge in [0.25, 0.3) is 0 Å². The van der Waals surface area contributed by atoms with E-state index in [1.54, 1.807) is 19.8 Å². The summed E-state index contributed by atoms with van der Waals surface area (Å²) in [5, 5.41) is 0. The molecule has 14 heavy (non-hydrogen) atoms. The minimum atomic E-state index is -0.964. The highest BCUT2D eigenvalue weighted by Gasteiger charge is 2.27. The number of rotatable bonds is 5. The molecule has 1 atom stereocenters. The van der Waals surface area contributed by atoms with Gasteiger partial charge in [0, 0.05) is 20.5 Å². The smallest absolute Gasteiger partial charge is 0.347 e. The second-order valence-corrected chi connectivity index (χ2v) is 3.02. The molecular weight excluding hydrogens is 184 g/mol. The van der Waals surface area contributed by atoms with Crippen molar-refractivity contribution >= 4 is 11.9 Å². The third-order valence-electron chi connectivity index (χ3n) is 2.11. The van der Waals surface area contributed by atoms with E-state index < -0.39 is 11.8 Å². The van der Waals surface area contributed by atoms with Crippen molar-refractivity contribution in [2.45, 2.75) is 39.4 Å². The maximum absolute atomic E-state index is 11.3. The summed E-state index contributed by atoms with van der Waals surface area (Å²) in [6, 6.07) is 0. The molecule has 4 heteroatoms. The van der Waals surface area contributed by atoms with Gasteiger partial charge in [-0.2, -0.15) is 0 Å². The highest BCUT2D eigenvalue weighted by molar-refractivity contribution is 5.96. The van der Waals surface area contributed by atoms with Crippen LogP contribution in [0.25, 0.3) is 0 Å². The fourth-order valence-electron chi connectivity index (χ4n) is 0.774. The lowest BCUT2D eigenvalue weighted by Crippen LogP contribution is -2.33. The van der Waals surface area contributed by atoms with Gasteiger partial charge in [0.05, 0.1) is 0 Å². The summed E-state index contributed by atoms with van der Waals surface area (Å²) in [7, 11) is 1.45. The molecule has 0 amide bonds. The van der Waals surface area contributed by atoms with E-state index in [-0.39, 0.29) is 5.57 Å². The molecule has 0 saturated carbocycles. The molecule has 0 aliphatic heterocycles. The number of ether oxygens (including phenoxy) is 2. The Kier molecular flexibility index (Phi) is 5.13. The molecule has 0 bridgehead atoms. The molecule has 0 aliphatic rings. The molecule has 0 N–H and O–H groups in total. The third-order valence-corrected chi connectivity index (χ3v) is 2.11. The molecule has 0 aromatic carbocycles. The monoisotopic (exact) mass is 200 g/mol. The highest BCUT2D eigenvalue weighted by atomic mass is 16.7. The highest BCUT2D eigenvalue weighted by Crippen LogP contribution is 2.17. The van der Waals surface area contributed by atoms with Crippen LogP contribution < -0.4 is 0 Å². The molecular formula is C10H16O4. The van der Waals surface area contributed by atoms with Crippen molar-refractivity contribution in [1.82, 2.24) is 0 Å². The molecule has 1 unspecified atom stereocenters. The van der Waals surface area contributed by atoms with E-state index in [4.69, 9.17) is 9.47 Å². The Morgan fingerprint density at radius 2 is 2.00 bits per heavy atom. The van der Waals surface area contributed by atoms with E-state index in [1.165, 1.54) is 7.11 Å². The van der Waals surface area contributed by atoms with Gasteiger partial charge in [0.1, 0.15) is 11.5 Å². The topological polar surface area (TPSA) is 52.6 Å². The lowest BCUT2D eigenvalue weighted by atomic mass is 10.2. The first-order valence-electron chi connectivity index (χ1n) is 4.55. The lowest BCUT2D eigenvalue weighted by molar-refractivity contribution is -0.210. The SMILES string of the molecule is CCC(=C=O)C(=O)OC(C)(CC)OC. The third kappa shape index (κ3) is 3.32. The predicted molar refractivity (Wildman–Crippen MR) is 51.3 cm³/mol. The molecule has 0 rings (SSSR count). The average molecular weight is 200 g/mol. The minimum absolute atomic E-state index is 0.00160. The maximum Gasteiger partial charge on any atom is 0.347 e. The first-order chi connectivity index (χ1) is 6.52. The molecule has 80 valence electrons. The summed E-state index contributed by atoms with van der Waals surface area (Å²) in [6.45, 7) is 5.16. The van der Waals surface area contributed by atoms with Crippen molar-refractivity contribution in [3.8, 4) is 0 Å². The van der Waals surface area contributed by atoms with Gasteiger partial charge in [-0.05, 0) is 6.42 Å². The van der Waals surface area contributed by atoms with Crippen molar-refractivity contribution < 1.29 is 19.1 Å². The Labute approximate surface area is 83.9 Å². The van der Waals surface area contributed by atoms with Crippen LogP contribution in [0.5, 0.6) is 0 Å². The summed E-state index contributed by atoms with van der Waals surface area (Å²) < 4.78 is 10.0. The number of carbonyl (C=O) groups excluding carboxylic acids is 2. The van der Waals surface area contributed by atoms with Gasteiger partial charge in [0.15, 0.2) is 0 Å². The van der Waals surface area contributed by atoms with E-state index >= 15 is 0 Å². The number of esters is 1. The van der Waals surface area contributed by atoms with Gasteiger partial charge >= 0.3 is 5.97 Å². The Balaban J connectivity index is 4.52. The van der Waals surface area contributed by atoms with E-state index in [9.17, 15) is 9.59 Å². The predicted octanol–water partition coefficient (Wildman–Crippen LogP) is 1.47. The molecule has 0 spiro atoms. The molecule has 0 aliphatic carbocycles. The largest absolute Gasteiger partial charge is 0.430 e. The fourth-order valence-corrected chi connectivity index (χ4v) is 0.774. The van der Waals surface area contributed by atoms with Crippen LogP contribution in [0.4, 0.5) is 0 Å². The maximum atomic E-state index is 11.3. The fraction of sp³-hybridized carbons (Fsp3) is 0.700. The second kappa shape index (κ2) is 5.58. The van der Waals surface area contributed by atoms with E-state index in [0.717, 1.165) is 0 Å². The second-order valence-electron chi connectivity index (χ2n) is 3.02. The summed E-state index contributed by atoms with van der Waals surface area (Å²) in [6.07, 6.45) is 0.830. The molecule has 4 nitrogen and oxygen atoms in total. The quantitative estimate of drug-likeness (QED) is 0.292. The standard InChI is InChI=1S/C10H16O4/c1-5-8(7-11)9(12)14-10(3,6-2)13-4/h5-6H2,1-4H3. The number of hydrogen-bond donors (Lipinski definition) is 0. The van der Waals surface area contributed by atoms with Gasteiger partial charge in [-0.15, -0.1) is 0 Å². The molecule has 0 aromatic rings. The molecule has 0 fully saturated rings. The van der Waals surface area contributed by atoms with Crippen molar-refractivity contribution in [1.29, 1.82) is 0 Å². The van der Waals surface area contributed by atoms with Crippen LogP contribution in [0, 0.1) is 0 Å². The van der Waals surface area contributed by atoms with Crippen molar-refractivity contribution in [2.75, 3.05) is 7.11 Å². The molecule has 0 saturated heterocycles. The Bertz CT molecular complexity index is 247. The van der Waals surface area contributed by atoms with E-state index in [0.29, 0.717) is 12.8 Å². The Morgan fingerprint density at radius 3 is 2.29 bits per heavy atom. The minimum Gasteiger partial charge on any atom is -0.430 e. The number of methoxy groups -OCH3 is 1. The number of carbonyl (C=O) groups is 1. The van der Waals surface area contributed by atoms with Gasteiger partial charge in [-0.25, -0.2) is 9.59 Å². The van der Waals surface area contributed by atoms with E-state index in [1.807, 2.05) is 6.92 Å². The summed E-state index contributed by atoms with van der Waals surface area (Å²) in [4.78, 5) is 21.7. The van der Waals surface area contributed by atoms with Gasteiger partial charge in [-0.1, -0.05) is 13.8 Å². The van der Waals surface area contributed by atoms with Gasteiger partial charge in [0.2, 0.25) is 5.79 Å². The zero-order valence-electron chi connectivity index (χ0n) is 9.05. The van der Waals surface area contributed by atoms with Gasteiger partial charge in [-0.3, -0.25) is 0 Å². The first-order valence-corrected chi connectivity index (χ1v) is 4.55. The summed E-state index contributed by atoms with van der Waals surface area (Å²) in [5.74, 6) is -0.0637. The average Bonchev–Trinajstić information content (AvgIpc) is 2.19. The van der Waals surface area contributed by atoms with Crippen molar-refractivity contribution in [3.05, 3.63) is 5.57 Å².